The van der Waals surface area contributed by atoms with E-state index in [0.29, 0.717) is 5.56 Å². The number of halogens is 1. The van der Waals surface area contributed by atoms with Gasteiger partial charge in [0.2, 0.25) is 5.91 Å². The fraction of sp³-hybridized carbons (Fsp3) is 0.364. The lowest BCUT2D eigenvalue weighted by Gasteiger charge is -2.13. The highest BCUT2D eigenvalue weighted by molar-refractivity contribution is 5.78. The van der Waals surface area contributed by atoms with E-state index in [9.17, 15) is 14.3 Å². The first-order chi connectivity index (χ1) is 8.00. The number of amides is 1. The van der Waals surface area contributed by atoms with Crippen LogP contribution in [0.15, 0.2) is 24.3 Å². The number of carbonyl (C=O) groups excluding carboxylic acids is 1. The highest BCUT2D eigenvalue weighted by atomic mass is 19.1. The molecular weight excluding hydrogens is 227 g/mol. The summed E-state index contributed by atoms with van der Waals surface area (Å²) in [6, 6.07) is 5.57. The average molecular weight is 242 g/mol. The van der Waals surface area contributed by atoms with Crippen LogP contribution in [0.4, 0.5) is 4.39 Å². The molecule has 5 N–H and O–H groups in total. The first kappa shape index (κ1) is 13.6. The number of benzene rings is 1. The molecule has 0 fully saturated rings. The summed E-state index contributed by atoms with van der Waals surface area (Å²) in [5, 5.41) is 21.4. The highest BCUT2D eigenvalue weighted by Gasteiger charge is 2.12. The monoisotopic (exact) mass is 242 g/mol. The molecule has 0 heterocycles. The topological polar surface area (TPSA) is 95.6 Å². The molecule has 0 saturated heterocycles. The van der Waals surface area contributed by atoms with Gasteiger partial charge >= 0.3 is 0 Å². The van der Waals surface area contributed by atoms with Crippen LogP contribution in [-0.4, -0.2) is 35.3 Å². The van der Waals surface area contributed by atoms with Crippen molar-refractivity contribution in [3.63, 3.8) is 0 Å². The first-order valence-electron chi connectivity index (χ1n) is 5.12. The van der Waals surface area contributed by atoms with Crippen LogP contribution in [0.3, 0.4) is 0 Å². The summed E-state index contributed by atoms with van der Waals surface area (Å²) < 4.78 is 12.9. The molecular formula is C11H15FN2O3. The Labute approximate surface area is 98.1 Å². The van der Waals surface area contributed by atoms with Crippen molar-refractivity contribution in [3.8, 4) is 0 Å². The molecule has 2 unspecified atom stereocenters. The molecule has 1 aromatic rings. The molecule has 0 aliphatic carbocycles. The highest BCUT2D eigenvalue weighted by Crippen LogP contribution is 2.12. The maximum Gasteiger partial charge on any atom is 0.247 e. The van der Waals surface area contributed by atoms with Gasteiger partial charge in [0.1, 0.15) is 11.9 Å². The van der Waals surface area contributed by atoms with E-state index < -0.39 is 23.9 Å². The van der Waals surface area contributed by atoms with Crippen LogP contribution in [0.5, 0.6) is 0 Å². The fourth-order valence-corrected chi connectivity index (χ4v) is 1.29. The van der Waals surface area contributed by atoms with Crippen LogP contribution in [0.1, 0.15) is 11.7 Å². The predicted molar refractivity (Wildman–Crippen MR) is 59.4 cm³/mol. The Kier molecular flexibility index (Phi) is 5.02. The number of hydrogen-bond donors (Lipinski definition) is 4. The maximum absolute atomic E-state index is 12.9. The van der Waals surface area contributed by atoms with Gasteiger partial charge in [-0.05, 0) is 17.7 Å². The van der Waals surface area contributed by atoms with Gasteiger partial charge < -0.3 is 21.3 Å². The lowest BCUT2D eigenvalue weighted by molar-refractivity contribution is -0.125. The summed E-state index contributed by atoms with van der Waals surface area (Å²) in [4.78, 5) is 10.5. The Morgan fingerprint density at radius 2 is 2.12 bits per heavy atom. The van der Waals surface area contributed by atoms with Gasteiger partial charge in [-0.25, -0.2) is 4.39 Å². The van der Waals surface area contributed by atoms with E-state index in [0.717, 1.165) is 0 Å². The van der Waals surface area contributed by atoms with Gasteiger partial charge in [-0.2, -0.15) is 0 Å². The lowest BCUT2D eigenvalue weighted by atomic mass is 10.1. The summed E-state index contributed by atoms with van der Waals surface area (Å²) in [7, 11) is 0. The predicted octanol–water partition coefficient (Wildman–Crippen LogP) is -0.705. The second-order valence-corrected chi connectivity index (χ2v) is 3.65. The molecule has 5 nitrogen and oxygen atoms in total. The van der Waals surface area contributed by atoms with Crippen molar-refractivity contribution in [2.45, 2.75) is 12.2 Å². The van der Waals surface area contributed by atoms with E-state index in [1.165, 1.54) is 18.2 Å². The summed E-state index contributed by atoms with van der Waals surface area (Å²) in [6.45, 7) is 0.0372. The number of primary amides is 1. The zero-order valence-electron chi connectivity index (χ0n) is 9.14. The van der Waals surface area contributed by atoms with Crippen molar-refractivity contribution in [2.75, 3.05) is 13.1 Å². The van der Waals surface area contributed by atoms with Crippen molar-refractivity contribution in [2.24, 2.45) is 5.73 Å². The molecule has 1 amide bonds. The molecule has 0 aliphatic rings. The Bertz CT molecular complexity index is 387. The van der Waals surface area contributed by atoms with Crippen molar-refractivity contribution in [1.82, 2.24) is 5.32 Å². The fourth-order valence-electron chi connectivity index (χ4n) is 1.29. The van der Waals surface area contributed by atoms with Gasteiger partial charge in [0.25, 0.3) is 0 Å². The number of rotatable bonds is 6. The van der Waals surface area contributed by atoms with E-state index in [1.807, 2.05) is 0 Å². The quantitative estimate of drug-likeness (QED) is 0.530. The van der Waals surface area contributed by atoms with E-state index in [1.54, 1.807) is 6.07 Å². The number of aliphatic hydroxyl groups is 2. The number of carbonyl (C=O) groups is 1. The van der Waals surface area contributed by atoms with Crippen LogP contribution in [0, 0.1) is 5.82 Å². The SMILES string of the molecule is NC(=O)C(O)CNCC(O)c1cccc(F)c1. The number of nitrogens with one attached hydrogen (secondary N) is 1. The largest absolute Gasteiger partial charge is 0.387 e. The van der Waals surface area contributed by atoms with E-state index in [2.05, 4.69) is 5.32 Å². The van der Waals surface area contributed by atoms with Gasteiger partial charge in [0.15, 0.2) is 0 Å². The molecule has 1 rings (SSSR count). The summed E-state index contributed by atoms with van der Waals surface area (Å²) >= 11 is 0. The molecule has 0 spiro atoms. The molecule has 1 aromatic carbocycles. The van der Waals surface area contributed by atoms with Gasteiger partial charge in [0, 0.05) is 13.1 Å². The minimum atomic E-state index is -1.30. The minimum absolute atomic E-state index is 0.0539. The molecule has 0 saturated carbocycles. The first-order valence-corrected chi connectivity index (χ1v) is 5.12. The van der Waals surface area contributed by atoms with Gasteiger partial charge in [-0.3, -0.25) is 4.79 Å². The van der Waals surface area contributed by atoms with Crippen molar-refractivity contribution in [1.29, 1.82) is 0 Å². The molecule has 17 heavy (non-hydrogen) atoms. The Morgan fingerprint density at radius 1 is 1.41 bits per heavy atom. The molecule has 0 aromatic heterocycles. The van der Waals surface area contributed by atoms with E-state index >= 15 is 0 Å². The molecule has 0 radical (unpaired) electrons. The average Bonchev–Trinajstić information content (AvgIpc) is 2.28. The van der Waals surface area contributed by atoms with Gasteiger partial charge in [-0.15, -0.1) is 0 Å². The molecule has 0 aliphatic heterocycles. The zero-order chi connectivity index (χ0) is 12.8. The third kappa shape index (κ3) is 4.48. The molecule has 0 bridgehead atoms. The van der Waals surface area contributed by atoms with Gasteiger partial charge in [0.05, 0.1) is 6.10 Å². The number of hydrogen-bond acceptors (Lipinski definition) is 4. The second-order valence-electron chi connectivity index (χ2n) is 3.65. The smallest absolute Gasteiger partial charge is 0.247 e. The van der Waals surface area contributed by atoms with Crippen LogP contribution in [-0.2, 0) is 4.79 Å². The lowest BCUT2D eigenvalue weighted by Crippen LogP contribution is -2.38. The Morgan fingerprint density at radius 3 is 2.71 bits per heavy atom. The number of aliphatic hydroxyl groups excluding tert-OH is 2. The Hall–Kier alpha value is -1.50. The van der Waals surface area contributed by atoms with Crippen LogP contribution < -0.4 is 11.1 Å². The summed E-state index contributed by atoms with van der Waals surface area (Å²) in [6.07, 6.45) is -2.21. The van der Waals surface area contributed by atoms with Crippen LogP contribution in [0.25, 0.3) is 0 Å². The zero-order valence-corrected chi connectivity index (χ0v) is 9.14. The van der Waals surface area contributed by atoms with Crippen molar-refractivity contribution < 1.29 is 19.4 Å². The van der Waals surface area contributed by atoms with Crippen molar-refractivity contribution in [3.05, 3.63) is 35.6 Å². The van der Waals surface area contributed by atoms with E-state index in [4.69, 9.17) is 10.8 Å². The van der Waals surface area contributed by atoms with Gasteiger partial charge in [-0.1, -0.05) is 12.1 Å². The van der Waals surface area contributed by atoms with E-state index in [-0.39, 0.29) is 13.1 Å². The van der Waals surface area contributed by atoms with Crippen molar-refractivity contribution >= 4 is 5.91 Å². The third-order valence-electron chi connectivity index (χ3n) is 2.24. The Balaban J connectivity index is 2.40. The molecule has 6 heteroatoms. The summed E-state index contributed by atoms with van der Waals surface area (Å²) in [5.41, 5.74) is 5.27. The molecule has 2 atom stereocenters. The molecule has 94 valence electrons. The normalized spacial score (nSPS) is 14.3. The van der Waals surface area contributed by atoms with Crippen LogP contribution in [0.2, 0.25) is 0 Å². The number of nitrogens with two attached hydrogens (primary N) is 1. The minimum Gasteiger partial charge on any atom is -0.387 e. The standard InChI is InChI=1S/C11H15FN2O3/c12-8-3-1-2-7(4-8)9(15)5-14-6-10(16)11(13)17/h1-4,9-10,14-16H,5-6H2,(H2,13,17). The maximum atomic E-state index is 12.9. The van der Waals surface area contributed by atoms with Crippen LogP contribution >= 0.6 is 0 Å². The summed E-state index contributed by atoms with van der Waals surface area (Å²) in [5.74, 6) is -1.27. The third-order valence-corrected chi connectivity index (χ3v) is 2.24. The second kappa shape index (κ2) is 6.29.